The molecule has 2 heteroatoms. The summed E-state index contributed by atoms with van der Waals surface area (Å²) >= 11 is 0. The number of nitrogens with zero attached hydrogens (tertiary/aromatic N) is 1. The van der Waals surface area contributed by atoms with Crippen molar-refractivity contribution in [2.75, 3.05) is 13.1 Å². The minimum Gasteiger partial charge on any atom is -0.317 e. The Morgan fingerprint density at radius 2 is 1.52 bits per heavy atom. The van der Waals surface area contributed by atoms with Crippen molar-refractivity contribution in [3.05, 3.63) is 70.8 Å². The fourth-order valence-corrected chi connectivity index (χ4v) is 3.11. The second-order valence-corrected chi connectivity index (χ2v) is 5.79. The van der Waals surface area contributed by atoms with Crippen molar-refractivity contribution in [3.8, 4) is 0 Å². The Hall–Kier alpha value is -1.64. The van der Waals surface area contributed by atoms with Crippen LogP contribution in [-0.2, 0) is 26.1 Å². The lowest BCUT2D eigenvalue weighted by Crippen LogP contribution is -2.19. The van der Waals surface area contributed by atoms with E-state index < -0.39 is 0 Å². The third kappa shape index (κ3) is 3.52. The van der Waals surface area contributed by atoms with Gasteiger partial charge in [0.25, 0.3) is 0 Å². The first kappa shape index (κ1) is 14.3. The van der Waals surface area contributed by atoms with E-state index in [4.69, 9.17) is 0 Å². The molecule has 0 atom stereocenters. The fourth-order valence-electron chi connectivity index (χ4n) is 3.11. The van der Waals surface area contributed by atoms with Crippen LogP contribution in [-0.4, -0.2) is 18.0 Å². The van der Waals surface area contributed by atoms with E-state index in [-0.39, 0.29) is 0 Å². The van der Waals surface area contributed by atoms with E-state index in [1.807, 2.05) is 0 Å². The molecule has 1 N–H and O–H groups in total. The van der Waals surface area contributed by atoms with Crippen LogP contribution in [0.5, 0.6) is 0 Å². The lowest BCUT2D eigenvalue weighted by molar-refractivity contribution is 0.274. The first-order valence-electron chi connectivity index (χ1n) is 7.93. The number of rotatable bonds is 6. The Balaban J connectivity index is 1.66. The van der Waals surface area contributed by atoms with E-state index >= 15 is 0 Å². The highest BCUT2D eigenvalue weighted by Crippen LogP contribution is 2.24. The molecule has 0 fully saturated rings. The van der Waals surface area contributed by atoms with Gasteiger partial charge in [-0.3, -0.25) is 4.90 Å². The smallest absolute Gasteiger partial charge is 0.0244 e. The Kier molecular flexibility index (Phi) is 4.69. The molecule has 0 radical (unpaired) electrons. The number of hydrogen-bond donors (Lipinski definition) is 1. The Morgan fingerprint density at radius 3 is 2.19 bits per heavy atom. The van der Waals surface area contributed by atoms with Crippen molar-refractivity contribution >= 4 is 0 Å². The highest BCUT2D eigenvalue weighted by Gasteiger charge is 2.18. The van der Waals surface area contributed by atoms with Gasteiger partial charge in [0.15, 0.2) is 0 Å². The average Bonchev–Trinajstić information content (AvgIpc) is 2.91. The second-order valence-electron chi connectivity index (χ2n) is 5.79. The quantitative estimate of drug-likeness (QED) is 0.816. The van der Waals surface area contributed by atoms with E-state index in [9.17, 15) is 0 Å². The number of nitrogens with one attached hydrogen (secondary N) is 1. The lowest BCUT2D eigenvalue weighted by atomic mass is 10.0. The van der Waals surface area contributed by atoms with Gasteiger partial charge in [0.2, 0.25) is 0 Å². The van der Waals surface area contributed by atoms with Gasteiger partial charge in [-0.25, -0.2) is 0 Å². The predicted molar refractivity (Wildman–Crippen MR) is 88.1 cm³/mol. The first-order valence-corrected chi connectivity index (χ1v) is 7.93. The molecule has 110 valence electrons. The summed E-state index contributed by atoms with van der Waals surface area (Å²) in [6, 6.07) is 17.7. The fraction of sp³-hybridized carbons (Fsp3) is 0.368. The maximum Gasteiger partial charge on any atom is 0.0244 e. The van der Waals surface area contributed by atoms with E-state index in [1.54, 1.807) is 0 Å². The third-order valence-electron chi connectivity index (χ3n) is 4.24. The summed E-state index contributed by atoms with van der Waals surface area (Å²) in [6.07, 6.45) is 1.12. The van der Waals surface area contributed by atoms with Crippen LogP contribution in [0.2, 0.25) is 0 Å². The van der Waals surface area contributed by atoms with Gasteiger partial charge in [0.05, 0.1) is 0 Å². The van der Waals surface area contributed by atoms with Crippen LogP contribution in [0.3, 0.4) is 0 Å². The van der Waals surface area contributed by atoms with Crippen molar-refractivity contribution in [1.82, 2.24) is 10.2 Å². The molecule has 21 heavy (non-hydrogen) atoms. The summed E-state index contributed by atoms with van der Waals surface area (Å²) in [5.41, 5.74) is 5.93. The van der Waals surface area contributed by atoms with Crippen LogP contribution in [0, 0.1) is 0 Å². The third-order valence-corrected chi connectivity index (χ3v) is 4.24. The zero-order chi connectivity index (χ0) is 14.5. The molecule has 0 unspecified atom stereocenters. The molecule has 0 aromatic heterocycles. The molecule has 0 aliphatic carbocycles. The van der Waals surface area contributed by atoms with Gasteiger partial charge in [0, 0.05) is 19.6 Å². The van der Waals surface area contributed by atoms with Gasteiger partial charge in [-0.15, -0.1) is 0 Å². The Morgan fingerprint density at radius 1 is 0.905 bits per heavy atom. The summed E-state index contributed by atoms with van der Waals surface area (Å²) in [6.45, 7) is 7.48. The van der Waals surface area contributed by atoms with Gasteiger partial charge in [-0.2, -0.15) is 0 Å². The standard InChI is InChI=1S/C19H24N2/c1-2-20-12-11-16-7-3-4-8-17(16)13-21-14-18-9-5-6-10-19(18)15-21/h3-10,20H,2,11-15H2,1H3. The van der Waals surface area contributed by atoms with E-state index in [2.05, 4.69) is 65.7 Å². The molecule has 0 spiro atoms. The lowest BCUT2D eigenvalue weighted by Gasteiger charge is -2.17. The maximum atomic E-state index is 3.42. The Labute approximate surface area is 127 Å². The Bertz CT molecular complexity index is 567. The summed E-state index contributed by atoms with van der Waals surface area (Å²) < 4.78 is 0. The minimum atomic E-state index is 1.05. The molecular formula is C19H24N2. The van der Waals surface area contributed by atoms with Gasteiger partial charge in [-0.05, 0) is 41.8 Å². The molecule has 2 nitrogen and oxygen atoms in total. The van der Waals surface area contributed by atoms with Crippen LogP contribution in [0.15, 0.2) is 48.5 Å². The van der Waals surface area contributed by atoms with Gasteiger partial charge in [-0.1, -0.05) is 55.5 Å². The molecule has 0 saturated heterocycles. The second kappa shape index (κ2) is 6.88. The van der Waals surface area contributed by atoms with Crippen LogP contribution in [0.25, 0.3) is 0 Å². The number of benzene rings is 2. The minimum absolute atomic E-state index is 1.05. The van der Waals surface area contributed by atoms with Gasteiger partial charge in [0.1, 0.15) is 0 Å². The van der Waals surface area contributed by atoms with Crippen molar-refractivity contribution in [3.63, 3.8) is 0 Å². The monoisotopic (exact) mass is 280 g/mol. The van der Waals surface area contributed by atoms with Crippen LogP contribution >= 0.6 is 0 Å². The van der Waals surface area contributed by atoms with Crippen molar-refractivity contribution in [2.24, 2.45) is 0 Å². The SMILES string of the molecule is CCNCCc1ccccc1CN1Cc2ccccc2C1. The van der Waals surface area contributed by atoms with Crippen molar-refractivity contribution in [1.29, 1.82) is 0 Å². The molecule has 1 heterocycles. The molecule has 0 bridgehead atoms. The van der Waals surface area contributed by atoms with Crippen molar-refractivity contribution < 1.29 is 0 Å². The molecule has 1 aliphatic rings. The maximum absolute atomic E-state index is 3.42. The first-order chi connectivity index (χ1) is 10.4. The highest BCUT2D eigenvalue weighted by molar-refractivity contribution is 5.32. The largest absolute Gasteiger partial charge is 0.317 e. The molecule has 1 aliphatic heterocycles. The van der Waals surface area contributed by atoms with Crippen LogP contribution in [0.1, 0.15) is 29.2 Å². The van der Waals surface area contributed by atoms with Crippen LogP contribution < -0.4 is 5.32 Å². The number of fused-ring (bicyclic) bond motifs is 1. The number of hydrogen-bond acceptors (Lipinski definition) is 2. The van der Waals surface area contributed by atoms with Crippen LogP contribution in [0.4, 0.5) is 0 Å². The summed E-state index contributed by atoms with van der Waals surface area (Å²) in [5, 5.41) is 3.42. The summed E-state index contributed by atoms with van der Waals surface area (Å²) in [7, 11) is 0. The summed E-state index contributed by atoms with van der Waals surface area (Å²) in [4.78, 5) is 2.54. The van der Waals surface area contributed by atoms with Crippen molar-refractivity contribution in [2.45, 2.75) is 33.0 Å². The summed E-state index contributed by atoms with van der Waals surface area (Å²) in [5.74, 6) is 0. The van der Waals surface area contributed by atoms with Gasteiger partial charge < -0.3 is 5.32 Å². The molecule has 2 aromatic rings. The van der Waals surface area contributed by atoms with E-state index in [0.29, 0.717) is 0 Å². The molecular weight excluding hydrogens is 256 g/mol. The molecule has 2 aromatic carbocycles. The predicted octanol–water partition coefficient (Wildman–Crippen LogP) is 3.35. The van der Waals surface area contributed by atoms with E-state index in [0.717, 1.165) is 39.1 Å². The molecule has 3 rings (SSSR count). The van der Waals surface area contributed by atoms with E-state index in [1.165, 1.54) is 22.3 Å². The average molecular weight is 280 g/mol. The molecule has 0 amide bonds. The highest BCUT2D eigenvalue weighted by atomic mass is 15.1. The zero-order valence-corrected chi connectivity index (χ0v) is 12.8. The topological polar surface area (TPSA) is 15.3 Å². The number of likely N-dealkylation sites (N-methyl/N-ethyl adjacent to an activating group) is 1. The molecule has 0 saturated carbocycles. The van der Waals surface area contributed by atoms with Gasteiger partial charge >= 0.3 is 0 Å². The zero-order valence-electron chi connectivity index (χ0n) is 12.8. The normalized spacial score (nSPS) is 14.3.